The third-order valence-corrected chi connectivity index (χ3v) is 7.14. The van der Waals surface area contributed by atoms with E-state index in [1.165, 1.54) is 11.1 Å². The number of ether oxygens (including phenoxy) is 1. The molecule has 0 aromatic heterocycles. The molecule has 5 heteroatoms. The van der Waals surface area contributed by atoms with Crippen LogP contribution < -0.4 is 4.72 Å². The Morgan fingerprint density at radius 2 is 1.53 bits per heavy atom. The van der Waals surface area contributed by atoms with Crippen LogP contribution in [0.2, 0.25) is 0 Å². The fourth-order valence-corrected chi connectivity index (χ4v) is 5.57. The van der Waals surface area contributed by atoms with Crippen molar-refractivity contribution in [2.24, 2.45) is 0 Å². The van der Waals surface area contributed by atoms with E-state index < -0.39 is 10.0 Å². The first kappa shape index (κ1) is 20.8. The number of sulfonamides is 1. The zero-order valence-electron chi connectivity index (χ0n) is 17.1. The summed E-state index contributed by atoms with van der Waals surface area (Å²) in [6.07, 6.45) is 1.19. The van der Waals surface area contributed by atoms with E-state index in [2.05, 4.69) is 29.0 Å². The van der Waals surface area contributed by atoms with Gasteiger partial charge in [0.25, 0.3) is 0 Å². The highest BCUT2D eigenvalue weighted by Crippen LogP contribution is 2.34. The highest BCUT2D eigenvalue weighted by molar-refractivity contribution is 7.89. The first-order chi connectivity index (χ1) is 14.5. The zero-order chi connectivity index (χ0) is 21.0. The van der Waals surface area contributed by atoms with Crippen LogP contribution in [0.1, 0.15) is 35.4 Å². The maximum atomic E-state index is 12.9. The molecule has 1 aliphatic heterocycles. The predicted molar refractivity (Wildman–Crippen MR) is 119 cm³/mol. The van der Waals surface area contributed by atoms with E-state index in [0.29, 0.717) is 24.3 Å². The van der Waals surface area contributed by atoms with Gasteiger partial charge < -0.3 is 4.74 Å². The van der Waals surface area contributed by atoms with Gasteiger partial charge in [-0.25, -0.2) is 13.1 Å². The maximum Gasteiger partial charge on any atom is 0.240 e. The number of rotatable bonds is 6. The van der Waals surface area contributed by atoms with Gasteiger partial charge in [-0.05, 0) is 48.6 Å². The number of aryl methyl sites for hydroxylation is 1. The van der Waals surface area contributed by atoms with Crippen LogP contribution in [0.15, 0.2) is 89.8 Å². The molecule has 2 atom stereocenters. The van der Waals surface area contributed by atoms with E-state index in [0.717, 1.165) is 5.56 Å². The average molecular weight is 422 g/mol. The maximum absolute atomic E-state index is 12.9. The van der Waals surface area contributed by atoms with E-state index in [9.17, 15) is 8.42 Å². The molecule has 0 aliphatic carbocycles. The quantitative estimate of drug-likeness (QED) is 0.630. The van der Waals surface area contributed by atoms with Gasteiger partial charge in [0.2, 0.25) is 10.0 Å². The van der Waals surface area contributed by atoms with Gasteiger partial charge in [0.1, 0.15) is 0 Å². The Balaban J connectivity index is 1.57. The van der Waals surface area contributed by atoms with Crippen molar-refractivity contribution in [3.63, 3.8) is 0 Å². The summed E-state index contributed by atoms with van der Waals surface area (Å²) in [6, 6.07) is 27.5. The molecule has 2 unspecified atom stereocenters. The lowest BCUT2D eigenvalue weighted by Crippen LogP contribution is -2.43. The molecule has 0 saturated carbocycles. The largest absolute Gasteiger partial charge is 0.377 e. The normalized spacial score (nSPS) is 19.7. The van der Waals surface area contributed by atoms with Gasteiger partial charge >= 0.3 is 0 Å². The Hall–Kier alpha value is -2.47. The third kappa shape index (κ3) is 4.81. The lowest BCUT2D eigenvalue weighted by atomic mass is 9.83. The van der Waals surface area contributed by atoms with Crippen molar-refractivity contribution < 1.29 is 13.2 Å². The highest BCUT2D eigenvalue weighted by atomic mass is 32.2. The first-order valence-electron chi connectivity index (χ1n) is 10.3. The molecule has 156 valence electrons. The minimum absolute atomic E-state index is 0.0543. The smallest absolute Gasteiger partial charge is 0.240 e. The summed E-state index contributed by atoms with van der Waals surface area (Å²) in [5.41, 5.74) is 3.28. The van der Waals surface area contributed by atoms with E-state index in [1.807, 2.05) is 49.4 Å². The summed E-state index contributed by atoms with van der Waals surface area (Å²) in [4.78, 5) is 0.313. The third-order valence-electron chi connectivity index (χ3n) is 5.63. The number of nitrogens with one attached hydrogen (secondary N) is 1. The summed E-state index contributed by atoms with van der Waals surface area (Å²) in [5.74, 6) is 0.0543. The first-order valence-corrected chi connectivity index (χ1v) is 11.8. The van der Waals surface area contributed by atoms with Crippen LogP contribution in [0, 0.1) is 6.92 Å². The van der Waals surface area contributed by atoms with Crippen LogP contribution in [0.25, 0.3) is 0 Å². The zero-order valence-corrected chi connectivity index (χ0v) is 17.9. The van der Waals surface area contributed by atoms with Crippen molar-refractivity contribution in [2.45, 2.75) is 42.7 Å². The van der Waals surface area contributed by atoms with Crippen LogP contribution in [-0.2, 0) is 14.8 Å². The Morgan fingerprint density at radius 3 is 2.13 bits per heavy atom. The Bertz CT molecular complexity index is 1030. The highest BCUT2D eigenvalue weighted by Gasteiger charge is 2.33. The van der Waals surface area contributed by atoms with Crippen molar-refractivity contribution in [1.82, 2.24) is 4.72 Å². The lowest BCUT2D eigenvalue weighted by molar-refractivity contribution is -0.00387. The topological polar surface area (TPSA) is 55.4 Å². The molecule has 3 aromatic carbocycles. The molecule has 0 bridgehead atoms. The second kappa shape index (κ2) is 9.13. The van der Waals surface area contributed by atoms with Crippen molar-refractivity contribution in [2.75, 3.05) is 6.61 Å². The standard InChI is InChI=1S/C25H27NO3S/c1-19-9-8-14-23(17-19)30(27,28)26-22-15-16-29-24(18-22)25(20-10-4-2-5-11-20)21-12-6-3-7-13-21/h2-14,17,22,24-26H,15-16,18H2,1H3. The van der Waals surface area contributed by atoms with Crippen molar-refractivity contribution in [3.8, 4) is 0 Å². The molecule has 1 heterocycles. The minimum atomic E-state index is -3.57. The van der Waals surface area contributed by atoms with Gasteiger partial charge in [0, 0.05) is 18.6 Å². The van der Waals surface area contributed by atoms with Crippen LogP contribution in [0.4, 0.5) is 0 Å². The Morgan fingerprint density at radius 1 is 0.900 bits per heavy atom. The summed E-state index contributed by atoms with van der Waals surface area (Å²) in [6.45, 7) is 2.43. The predicted octanol–water partition coefficient (Wildman–Crippen LogP) is 4.65. The molecule has 4 rings (SSSR count). The second-order valence-electron chi connectivity index (χ2n) is 7.87. The minimum Gasteiger partial charge on any atom is -0.377 e. The van der Waals surface area contributed by atoms with Gasteiger partial charge in [0.05, 0.1) is 11.0 Å². The second-order valence-corrected chi connectivity index (χ2v) is 9.58. The van der Waals surface area contributed by atoms with E-state index in [4.69, 9.17) is 4.74 Å². The summed E-state index contributed by atoms with van der Waals surface area (Å²) in [7, 11) is -3.57. The molecule has 3 aromatic rings. The number of hydrogen-bond donors (Lipinski definition) is 1. The fraction of sp³-hybridized carbons (Fsp3) is 0.280. The molecule has 1 saturated heterocycles. The molecule has 1 N–H and O–H groups in total. The van der Waals surface area contributed by atoms with E-state index in [-0.39, 0.29) is 18.1 Å². The lowest BCUT2D eigenvalue weighted by Gasteiger charge is -2.35. The summed E-state index contributed by atoms with van der Waals surface area (Å²) >= 11 is 0. The van der Waals surface area contributed by atoms with Crippen molar-refractivity contribution >= 4 is 10.0 Å². The van der Waals surface area contributed by atoms with Crippen molar-refractivity contribution in [3.05, 3.63) is 102 Å². The van der Waals surface area contributed by atoms with Gasteiger partial charge in [0.15, 0.2) is 0 Å². The van der Waals surface area contributed by atoms with Crippen molar-refractivity contribution in [1.29, 1.82) is 0 Å². The molecule has 1 aliphatic rings. The summed E-state index contributed by atoms with van der Waals surface area (Å²) in [5, 5.41) is 0. The molecule has 4 nitrogen and oxygen atoms in total. The number of hydrogen-bond acceptors (Lipinski definition) is 3. The number of benzene rings is 3. The molecule has 0 spiro atoms. The molecule has 1 fully saturated rings. The van der Waals surface area contributed by atoms with Crippen LogP contribution in [-0.4, -0.2) is 27.2 Å². The SMILES string of the molecule is Cc1cccc(S(=O)(=O)NC2CCOC(C(c3ccccc3)c3ccccc3)C2)c1. The molecular formula is C25H27NO3S. The molecule has 0 amide bonds. The van der Waals surface area contributed by atoms with E-state index in [1.54, 1.807) is 18.2 Å². The van der Waals surface area contributed by atoms with Gasteiger partial charge in [-0.15, -0.1) is 0 Å². The van der Waals surface area contributed by atoms with Gasteiger partial charge in [-0.2, -0.15) is 0 Å². The van der Waals surface area contributed by atoms with E-state index >= 15 is 0 Å². The fourth-order valence-electron chi connectivity index (χ4n) is 4.18. The van der Waals surface area contributed by atoms with Gasteiger partial charge in [-0.1, -0.05) is 72.8 Å². The Labute approximate surface area is 179 Å². The monoisotopic (exact) mass is 421 g/mol. The van der Waals surface area contributed by atoms with Gasteiger partial charge in [-0.3, -0.25) is 0 Å². The molecular weight excluding hydrogens is 394 g/mol. The average Bonchev–Trinajstić information content (AvgIpc) is 2.75. The Kier molecular flexibility index (Phi) is 6.32. The summed E-state index contributed by atoms with van der Waals surface area (Å²) < 4.78 is 34.9. The van der Waals surface area contributed by atoms with Crippen LogP contribution in [0.3, 0.4) is 0 Å². The molecule has 30 heavy (non-hydrogen) atoms. The molecule has 0 radical (unpaired) electrons. The van der Waals surface area contributed by atoms with Crippen LogP contribution >= 0.6 is 0 Å². The van der Waals surface area contributed by atoms with Crippen LogP contribution in [0.5, 0.6) is 0 Å².